The van der Waals surface area contributed by atoms with Crippen molar-refractivity contribution in [2.75, 3.05) is 32.8 Å². The van der Waals surface area contributed by atoms with E-state index in [9.17, 15) is 9.18 Å². The van der Waals surface area contributed by atoms with Crippen LogP contribution in [0.4, 0.5) is 4.39 Å². The maximum atomic E-state index is 13.9. The normalized spacial score (nSPS) is 22.3. The number of rotatable bonds is 8. The molecule has 6 nitrogen and oxygen atoms in total. The largest absolute Gasteiger partial charge is 0.466 e. The predicted octanol–water partition coefficient (Wildman–Crippen LogP) is 4.33. The number of nitrogens with one attached hydrogen (secondary N) is 2. The Morgan fingerprint density at radius 1 is 1.12 bits per heavy atom. The molecule has 1 heterocycles. The number of hydrogen-bond donors (Lipinski definition) is 2. The van der Waals surface area contributed by atoms with E-state index in [0.717, 1.165) is 76.2 Å². The van der Waals surface area contributed by atoms with Gasteiger partial charge in [-0.2, -0.15) is 0 Å². The van der Waals surface area contributed by atoms with Crippen LogP contribution < -0.4 is 10.6 Å². The molecule has 2 fully saturated rings. The van der Waals surface area contributed by atoms with E-state index < -0.39 is 0 Å². The number of carbonyl (C=O) groups is 1. The number of likely N-dealkylation sites (tertiary alicyclic amines) is 1. The molecule has 1 aromatic rings. The molecule has 8 heteroatoms. The summed E-state index contributed by atoms with van der Waals surface area (Å²) >= 11 is 0. The van der Waals surface area contributed by atoms with E-state index in [2.05, 4.69) is 22.5 Å². The fourth-order valence-electron chi connectivity index (χ4n) is 4.66. The first-order valence-corrected chi connectivity index (χ1v) is 12.3. The Hall–Kier alpha value is -1.42. The van der Waals surface area contributed by atoms with Crippen molar-refractivity contribution in [2.24, 2.45) is 16.8 Å². The highest BCUT2D eigenvalue weighted by molar-refractivity contribution is 14.0. The molecule has 0 radical (unpaired) electrons. The van der Waals surface area contributed by atoms with E-state index in [0.29, 0.717) is 25.1 Å². The number of ether oxygens (including phenoxy) is 1. The molecule has 0 amide bonds. The summed E-state index contributed by atoms with van der Waals surface area (Å²) in [6, 6.07) is 7.40. The third-order valence-electron chi connectivity index (χ3n) is 6.60. The van der Waals surface area contributed by atoms with Crippen molar-refractivity contribution in [3.05, 3.63) is 35.6 Å². The molecule has 186 valence electrons. The minimum Gasteiger partial charge on any atom is -0.466 e. The van der Waals surface area contributed by atoms with Crippen LogP contribution in [0, 0.1) is 17.7 Å². The van der Waals surface area contributed by atoms with Gasteiger partial charge >= 0.3 is 5.97 Å². The Morgan fingerprint density at radius 2 is 1.82 bits per heavy atom. The van der Waals surface area contributed by atoms with Crippen LogP contribution in [0.15, 0.2) is 29.3 Å². The Morgan fingerprint density at radius 3 is 2.45 bits per heavy atom. The molecular formula is C25H40FIN4O2. The summed E-state index contributed by atoms with van der Waals surface area (Å²) < 4.78 is 19.1. The molecule has 1 aromatic carbocycles. The Bertz CT molecular complexity index is 748. The molecule has 2 aliphatic rings. The zero-order chi connectivity index (χ0) is 22.8. The fourth-order valence-corrected chi connectivity index (χ4v) is 4.66. The zero-order valence-corrected chi connectivity index (χ0v) is 22.4. The number of hydrogen-bond acceptors (Lipinski definition) is 4. The van der Waals surface area contributed by atoms with E-state index in [1.54, 1.807) is 6.07 Å². The molecule has 0 spiro atoms. The Labute approximate surface area is 215 Å². The van der Waals surface area contributed by atoms with Gasteiger partial charge in [-0.05, 0) is 77.4 Å². The second-order valence-corrected chi connectivity index (χ2v) is 8.98. The molecule has 0 aromatic heterocycles. The lowest BCUT2D eigenvalue weighted by molar-refractivity contribution is -0.149. The highest BCUT2D eigenvalue weighted by Crippen LogP contribution is 2.25. The van der Waals surface area contributed by atoms with Crippen LogP contribution in [0.1, 0.15) is 57.9 Å². The molecule has 0 atom stereocenters. The molecular weight excluding hydrogens is 534 g/mol. The molecule has 0 bridgehead atoms. The molecule has 1 saturated carbocycles. The smallest absolute Gasteiger partial charge is 0.308 e. The quantitative estimate of drug-likeness (QED) is 0.210. The number of piperidine rings is 1. The number of nitrogens with zero attached hydrogens (tertiary/aromatic N) is 2. The first-order chi connectivity index (χ1) is 15.6. The fraction of sp³-hybridized carbons (Fsp3) is 0.680. The molecule has 33 heavy (non-hydrogen) atoms. The number of guanidine groups is 1. The van der Waals surface area contributed by atoms with E-state index in [1.165, 1.54) is 6.07 Å². The minimum atomic E-state index is -0.114. The second-order valence-electron chi connectivity index (χ2n) is 8.98. The van der Waals surface area contributed by atoms with Crippen molar-refractivity contribution < 1.29 is 13.9 Å². The van der Waals surface area contributed by atoms with Gasteiger partial charge in [0.1, 0.15) is 5.82 Å². The van der Waals surface area contributed by atoms with Gasteiger partial charge in [0.25, 0.3) is 0 Å². The monoisotopic (exact) mass is 574 g/mol. The van der Waals surface area contributed by atoms with Crippen LogP contribution in [0.25, 0.3) is 0 Å². The second kappa shape index (κ2) is 14.8. The van der Waals surface area contributed by atoms with Crippen molar-refractivity contribution in [1.82, 2.24) is 15.5 Å². The topological polar surface area (TPSA) is 66.0 Å². The maximum Gasteiger partial charge on any atom is 0.308 e. The number of halogens is 2. The Kier molecular flexibility index (Phi) is 12.4. The third kappa shape index (κ3) is 9.03. The third-order valence-corrected chi connectivity index (χ3v) is 6.60. The van der Waals surface area contributed by atoms with Crippen LogP contribution in [0.3, 0.4) is 0 Å². The van der Waals surface area contributed by atoms with Crippen molar-refractivity contribution in [1.29, 1.82) is 0 Å². The summed E-state index contributed by atoms with van der Waals surface area (Å²) in [6.07, 6.45) is 5.83. The van der Waals surface area contributed by atoms with Crippen LogP contribution in [-0.2, 0) is 16.1 Å². The van der Waals surface area contributed by atoms with Gasteiger partial charge in [0.2, 0.25) is 0 Å². The van der Waals surface area contributed by atoms with Crippen LogP contribution in [0.2, 0.25) is 0 Å². The van der Waals surface area contributed by atoms with E-state index in [1.807, 2.05) is 19.1 Å². The molecule has 1 aliphatic carbocycles. The van der Waals surface area contributed by atoms with Crippen LogP contribution >= 0.6 is 24.0 Å². The first-order valence-electron chi connectivity index (χ1n) is 12.3. The zero-order valence-electron chi connectivity index (χ0n) is 20.0. The predicted molar refractivity (Wildman–Crippen MR) is 141 cm³/mol. The average Bonchev–Trinajstić information content (AvgIpc) is 2.81. The van der Waals surface area contributed by atoms with Crippen molar-refractivity contribution in [2.45, 2.75) is 65.0 Å². The van der Waals surface area contributed by atoms with Gasteiger partial charge in [0.05, 0.1) is 12.5 Å². The number of benzene rings is 1. The van der Waals surface area contributed by atoms with Gasteiger partial charge in [-0.3, -0.25) is 14.7 Å². The first kappa shape index (κ1) is 27.8. The lowest BCUT2D eigenvalue weighted by Crippen LogP contribution is -2.45. The molecule has 2 N–H and O–H groups in total. The highest BCUT2D eigenvalue weighted by atomic mass is 127. The van der Waals surface area contributed by atoms with Crippen molar-refractivity contribution in [3.63, 3.8) is 0 Å². The molecule has 1 aliphatic heterocycles. The van der Waals surface area contributed by atoms with Gasteiger partial charge < -0.3 is 15.4 Å². The minimum absolute atomic E-state index is 0. The summed E-state index contributed by atoms with van der Waals surface area (Å²) in [5, 5.41) is 6.94. The SMILES string of the molecule is CCNC(=NCC1CCN(Cc2ccccc2F)CC1)NC1CCC(C(=O)OCC)CC1.I. The van der Waals surface area contributed by atoms with Crippen LogP contribution in [0.5, 0.6) is 0 Å². The van der Waals surface area contributed by atoms with Gasteiger partial charge in [-0.15, -0.1) is 24.0 Å². The van der Waals surface area contributed by atoms with Crippen molar-refractivity contribution in [3.8, 4) is 0 Å². The average molecular weight is 575 g/mol. The van der Waals surface area contributed by atoms with E-state index >= 15 is 0 Å². The maximum absolute atomic E-state index is 13.9. The summed E-state index contributed by atoms with van der Waals surface area (Å²) in [4.78, 5) is 19.1. The summed E-state index contributed by atoms with van der Waals surface area (Å²) in [7, 11) is 0. The van der Waals surface area contributed by atoms with Gasteiger partial charge in [0.15, 0.2) is 5.96 Å². The van der Waals surface area contributed by atoms with E-state index in [4.69, 9.17) is 9.73 Å². The van der Waals surface area contributed by atoms with Crippen molar-refractivity contribution >= 4 is 35.9 Å². The number of aliphatic imine (C=N–C) groups is 1. The highest BCUT2D eigenvalue weighted by Gasteiger charge is 2.27. The van der Waals surface area contributed by atoms with Gasteiger partial charge in [-0.1, -0.05) is 18.2 Å². The number of carbonyl (C=O) groups excluding carboxylic acids is 1. The van der Waals surface area contributed by atoms with E-state index in [-0.39, 0.29) is 41.7 Å². The lowest BCUT2D eigenvalue weighted by atomic mass is 9.86. The Balaban J connectivity index is 0.00000385. The molecule has 0 unspecified atom stereocenters. The summed E-state index contributed by atoms with van der Waals surface area (Å²) in [6.45, 7) is 8.67. The standard InChI is InChI=1S/C25H39FN4O2.HI/c1-3-27-25(29-22-11-9-20(10-12-22)24(31)32-4-2)28-17-19-13-15-30(16-14-19)18-21-7-5-6-8-23(21)26;/h5-8,19-20,22H,3-4,9-18H2,1-2H3,(H2,27,28,29);1H. The summed E-state index contributed by atoms with van der Waals surface area (Å²) in [5.41, 5.74) is 0.778. The van der Waals surface area contributed by atoms with Crippen LogP contribution in [-0.4, -0.2) is 55.7 Å². The van der Waals surface area contributed by atoms with Gasteiger partial charge in [-0.25, -0.2) is 4.39 Å². The lowest BCUT2D eigenvalue weighted by Gasteiger charge is -2.32. The number of esters is 1. The molecule has 3 rings (SSSR count). The summed E-state index contributed by atoms with van der Waals surface area (Å²) in [5.74, 6) is 1.31. The molecule has 1 saturated heterocycles. The van der Waals surface area contributed by atoms with Gasteiger partial charge in [0, 0.05) is 31.2 Å².